The van der Waals surface area contributed by atoms with Crippen molar-refractivity contribution >= 4 is 37.7 Å². The summed E-state index contributed by atoms with van der Waals surface area (Å²) in [6.07, 6.45) is 3.17. The van der Waals surface area contributed by atoms with E-state index in [0.717, 1.165) is 27.5 Å². The summed E-state index contributed by atoms with van der Waals surface area (Å²) in [7, 11) is -3.31. The van der Waals surface area contributed by atoms with E-state index in [-0.39, 0.29) is 24.1 Å². The molecule has 8 heteroatoms. The van der Waals surface area contributed by atoms with E-state index in [9.17, 15) is 13.2 Å². The van der Waals surface area contributed by atoms with Crippen LogP contribution < -0.4 is 5.32 Å². The third-order valence-electron chi connectivity index (χ3n) is 6.13. The number of imidazole rings is 1. The fraction of sp³-hybridized carbons (Fsp3) is 0.185. The number of aromatic nitrogens is 3. The van der Waals surface area contributed by atoms with Crippen molar-refractivity contribution in [1.29, 1.82) is 0 Å². The van der Waals surface area contributed by atoms with Gasteiger partial charge in [0, 0.05) is 35.8 Å². The zero-order valence-corrected chi connectivity index (χ0v) is 20.1. The van der Waals surface area contributed by atoms with Gasteiger partial charge in [-0.15, -0.1) is 0 Å². The molecule has 1 unspecified atom stereocenters. The third kappa shape index (κ3) is 4.97. The SMILES string of the molecule is CS(=O)(=O)Cc1nc2ccccc2n1CC(=O)NCC(c1ccccc1)c1c[nH]c2ccccc12. The lowest BCUT2D eigenvalue weighted by Gasteiger charge is -2.19. The largest absolute Gasteiger partial charge is 0.361 e. The number of nitrogens with one attached hydrogen (secondary N) is 2. The predicted molar refractivity (Wildman–Crippen MR) is 138 cm³/mol. The maximum Gasteiger partial charge on any atom is 0.240 e. The van der Waals surface area contributed by atoms with Crippen LogP contribution in [0.15, 0.2) is 85.1 Å². The highest BCUT2D eigenvalue weighted by Crippen LogP contribution is 2.30. The van der Waals surface area contributed by atoms with Gasteiger partial charge < -0.3 is 14.9 Å². The summed E-state index contributed by atoms with van der Waals surface area (Å²) in [6.45, 7) is 0.388. The molecule has 3 aromatic carbocycles. The van der Waals surface area contributed by atoms with Gasteiger partial charge in [0.05, 0.1) is 11.0 Å². The van der Waals surface area contributed by atoms with Crippen LogP contribution in [0.3, 0.4) is 0 Å². The van der Waals surface area contributed by atoms with Crippen molar-refractivity contribution in [1.82, 2.24) is 19.9 Å². The first kappa shape index (κ1) is 22.9. The molecule has 2 N–H and O–H groups in total. The van der Waals surface area contributed by atoms with Crippen molar-refractivity contribution in [2.75, 3.05) is 12.8 Å². The first-order chi connectivity index (χ1) is 16.9. The number of carbonyl (C=O) groups excluding carboxylic acids is 1. The summed E-state index contributed by atoms with van der Waals surface area (Å²) >= 11 is 0. The minimum atomic E-state index is -3.31. The number of H-pyrrole nitrogens is 1. The van der Waals surface area contributed by atoms with E-state index in [0.29, 0.717) is 17.9 Å². The van der Waals surface area contributed by atoms with Gasteiger partial charge in [-0.25, -0.2) is 13.4 Å². The average molecular weight is 487 g/mol. The number of sulfone groups is 1. The molecular weight excluding hydrogens is 460 g/mol. The molecule has 0 aliphatic heterocycles. The Kier molecular flexibility index (Phi) is 6.13. The molecule has 2 heterocycles. The highest BCUT2D eigenvalue weighted by atomic mass is 32.2. The lowest BCUT2D eigenvalue weighted by molar-refractivity contribution is -0.121. The molecule has 1 atom stereocenters. The van der Waals surface area contributed by atoms with Gasteiger partial charge in [-0.3, -0.25) is 4.79 Å². The molecule has 0 saturated carbocycles. The van der Waals surface area contributed by atoms with Crippen LogP contribution in [0, 0.1) is 0 Å². The molecule has 0 saturated heterocycles. The number of benzene rings is 3. The zero-order valence-electron chi connectivity index (χ0n) is 19.3. The van der Waals surface area contributed by atoms with Crippen LogP contribution in [0.25, 0.3) is 21.9 Å². The number of carbonyl (C=O) groups is 1. The number of hydrogen-bond acceptors (Lipinski definition) is 4. The number of rotatable bonds is 8. The maximum atomic E-state index is 13.1. The summed E-state index contributed by atoms with van der Waals surface area (Å²) in [5.41, 5.74) is 4.66. The second-order valence-electron chi connectivity index (χ2n) is 8.73. The van der Waals surface area contributed by atoms with E-state index in [4.69, 9.17) is 0 Å². The van der Waals surface area contributed by atoms with Crippen LogP contribution in [-0.4, -0.2) is 41.7 Å². The topological polar surface area (TPSA) is 96.8 Å². The average Bonchev–Trinajstić information content (AvgIpc) is 3.41. The fourth-order valence-electron chi connectivity index (χ4n) is 4.54. The number of para-hydroxylation sites is 3. The van der Waals surface area contributed by atoms with Crippen molar-refractivity contribution in [3.8, 4) is 0 Å². The molecule has 0 spiro atoms. The van der Waals surface area contributed by atoms with Gasteiger partial charge in [-0.2, -0.15) is 0 Å². The normalized spacial score (nSPS) is 12.7. The Morgan fingerprint density at radius 3 is 2.51 bits per heavy atom. The van der Waals surface area contributed by atoms with Crippen LogP contribution in [-0.2, 0) is 26.9 Å². The van der Waals surface area contributed by atoms with Gasteiger partial charge in [-0.05, 0) is 29.3 Å². The molecule has 35 heavy (non-hydrogen) atoms. The van der Waals surface area contributed by atoms with E-state index in [1.54, 1.807) is 4.57 Å². The number of hydrogen-bond donors (Lipinski definition) is 2. The lowest BCUT2D eigenvalue weighted by atomic mass is 9.91. The summed E-state index contributed by atoms with van der Waals surface area (Å²) < 4.78 is 25.6. The molecule has 2 aromatic heterocycles. The van der Waals surface area contributed by atoms with Gasteiger partial charge in [0.1, 0.15) is 18.1 Å². The molecule has 5 rings (SSSR count). The zero-order chi connectivity index (χ0) is 24.4. The summed E-state index contributed by atoms with van der Waals surface area (Å²) in [4.78, 5) is 20.9. The first-order valence-electron chi connectivity index (χ1n) is 11.4. The molecular formula is C27H26N4O3S. The molecule has 0 bridgehead atoms. The molecule has 0 radical (unpaired) electrons. The Morgan fingerprint density at radius 1 is 1.00 bits per heavy atom. The molecule has 7 nitrogen and oxygen atoms in total. The van der Waals surface area contributed by atoms with Gasteiger partial charge in [0.15, 0.2) is 9.84 Å². The minimum Gasteiger partial charge on any atom is -0.361 e. The van der Waals surface area contributed by atoms with Gasteiger partial charge in [0.25, 0.3) is 0 Å². The van der Waals surface area contributed by atoms with Gasteiger partial charge >= 0.3 is 0 Å². The Bertz CT molecular complexity index is 1600. The molecule has 0 aliphatic rings. The predicted octanol–water partition coefficient (Wildman–Crippen LogP) is 4.01. The van der Waals surface area contributed by atoms with Crippen LogP contribution in [0.5, 0.6) is 0 Å². The summed E-state index contributed by atoms with van der Waals surface area (Å²) in [5.74, 6) is -0.119. The van der Waals surface area contributed by atoms with Crippen molar-refractivity contribution in [3.63, 3.8) is 0 Å². The van der Waals surface area contributed by atoms with E-state index in [1.165, 1.54) is 6.26 Å². The van der Waals surface area contributed by atoms with Crippen LogP contribution in [0.1, 0.15) is 22.9 Å². The van der Waals surface area contributed by atoms with Crippen molar-refractivity contribution in [3.05, 3.63) is 102 Å². The second kappa shape index (κ2) is 9.38. The smallest absolute Gasteiger partial charge is 0.240 e. The lowest BCUT2D eigenvalue weighted by Crippen LogP contribution is -2.32. The summed E-state index contributed by atoms with van der Waals surface area (Å²) in [6, 6.07) is 25.6. The first-order valence-corrected chi connectivity index (χ1v) is 13.4. The number of fused-ring (bicyclic) bond motifs is 2. The molecule has 1 amide bonds. The Morgan fingerprint density at radius 2 is 1.71 bits per heavy atom. The maximum absolute atomic E-state index is 13.1. The standard InChI is InChI=1S/C27H26N4O3S/c1-35(33,34)18-26-30-24-13-7-8-14-25(24)31(26)17-27(32)29-15-21(19-9-3-2-4-10-19)22-16-28-23-12-6-5-11-20(22)23/h2-14,16,21,28H,15,17-18H2,1H3,(H,29,32). The monoisotopic (exact) mass is 486 g/mol. The molecule has 0 aliphatic carbocycles. The number of amides is 1. The minimum absolute atomic E-state index is 0.0131. The van der Waals surface area contributed by atoms with Crippen molar-refractivity contribution in [2.24, 2.45) is 0 Å². The second-order valence-corrected chi connectivity index (χ2v) is 10.9. The molecule has 178 valence electrons. The number of aromatic amines is 1. The summed E-state index contributed by atoms with van der Waals surface area (Å²) in [5, 5.41) is 4.19. The van der Waals surface area contributed by atoms with Crippen LogP contribution >= 0.6 is 0 Å². The van der Waals surface area contributed by atoms with Crippen molar-refractivity contribution in [2.45, 2.75) is 18.2 Å². The van der Waals surface area contributed by atoms with Crippen LogP contribution in [0.2, 0.25) is 0 Å². The van der Waals surface area contributed by atoms with Crippen molar-refractivity contribution < 1.29 is 13.2 Å². The molecule has 0 fully saturated rings. The highest BCUT2D eigenvalue weighted by molar-refractivity contribution is 7.89. The van der Waals surface area contributed by atoms with Crippen LogP contribution in [0.4, 0.5) is 0 Å². The van der Waals surface area contributed by atoms with Gasteiger partial charge in [-0.1, -0.05) is 60.7 Å². The molecule has 5 aromatic rings. The van der Waals surface area contributed by atoms with Gasteiger partial charge in [0.2, 0.25) is 5.91 Å². The quantitative estimate of drug-likeness (QED) is 0.346. The van der Waals surface area contributed by atoms with E-state index in [2.05, 4.69) is 33.5 Å². The third-order valence-corrected chi connectivity index (χ3v) is 6.91. The Labute approximate surface area is 203 Å². The Balaban J connectivity index is 1.41. The fourth-order valence-corrected chi connectivity index (χ4v) is 5.23. The van der Waals surface area contributed by atoms with E-state index in [1.807, 2.05) is 66.9 Å². The van der Waals surface area contributed by atoms with E-state index < -0.39 is 9.84 Å². The highest BCUT2D eigenvalue weighted by Gasteiger charge is 2.21. The Hall–Kier alpha value is -3.91. The number of nitrogens with zero attached hydrogens (tertiary/aromatic N) is 2. The van der Waals surface area contributed by atoms with E-state index >= 15 is 0 Å².